The summed E-state index contributed by atoms with van der Waals surface area (Å²) < 4.78 is 0. The molecule has 0 saturated heterocycles. The number of hydrogen-bond acceptors (Lipinski definition) is 4. The van der Waals surface area contributed by atoms with Crippen molar-refractivity contribution in [2.24, 2.45) is 0 Å². The van der Waals surface area contributed by atoms with Crippen LogP contribution in [-0.4, -0.2) is 22.4 Å². The fraction of sp³-hybridized carbons (Fsp3) is 0.250. The maximum Gasteiger partial charge on any atom is 0.225 e. The number of amides is 1. The van der Waals surface area contributed by atoms with Gasteiger partial charge in [0.15, 0.2) is 0 Å². The molecule has 2 rings (SSSR count). The van der Waals surface area contributed by atoms with Gasteiger partial charge in [-0.2, -0.15) is 0 Å². The number of thiophene rings is 1. The van der Waals surface area contributed by atoms with Crippen LogP contribution in [0.15, 0.2) is 36.1 Å². The Balaban J connectivity index is 1.70. The van der Waals surface area contributed by atoms with E-state index in [1.807, 2.05) is 17.5 Å². The van der Waals surface area contributed by atoms with Gasteiger partial charge in [-0.25, -0.2) is 0 Å². The van der Waals surface area contributed by atoms with E-state index in [-0.39, 0.29) is 5.91 Å². The molecule has 2 aromatic rings. The van der Waals surface area contributed by atoms with Crippen molar-refractivity contribution in [2.75, 3.05) is 6.54 Å². The van der Waals surface area contributed by atoms with E-state index in [0.29, 0.717) is 19.4 Å². The minimum atomic E-state index is 0.0522. The number of nitrogens with one attached hydrogen (secondary N) is 1. The Bertz CT molecular complexity index is 456. The Kier molecular flexibility index (Phi) is 4.21. The monoisotopic (exact) mass is 247 g/mol. The van der Waals surface area contributed by atoms with Crippen molar-refractivity contribution in [3.05, 3.63) is 46.7 Å². The highest BCUT2D eigenvalue weighted by molar-refractivity contribution is 7.10. The highest BCUT2D eigenvalue weighted by Crippen LogP contribution is 2.08. The highest BCUT2D eigenvalue weighted by Gasteiger charge is 2.03. The van der Waals surface area contributed by atoms with Gasteiger partial charge in [0, 0.05) is 36.4 Å². The van der Waals surface area contributed by atoms with Gasteiger partial charge in [0.25, 0.3) is 0 Å². The molecule has 1 N–H and O–H groups in total. The predicted molar refractivity (Wildman–Crippen MR) is 66.8 cm³/mol. The number of aromatic nitrogens is 2. The minimum Gasteiger partial charge on any atom is -0.355 e. The van der Waals surface area contributed by atoms with Gasteiger partial charge >= 0.3 is 0 Å². The molecule has 0 bridgehead atoms. The standard InChI is InChI=1S/C12H13N3OS/c16-12(8-11-2-1-7-17-11)15-4-3-10-9-13-5-6-14-10/h1-2,5-7,9H,3-4,8H2,(H,15,16). The van der Waals surface area contributed by atoms with Gasteiger partial charge < -0.3 is 5.32 Å². The van der Waals surface area contributed by atoms with Crippen molar-refractivity contribution in [1.82, 2.24) is 15.3 Å². The fourth-order valence-electron chi connectivity index (χ4n) is 1.42. The van der Waals surface area contributed by atoms with Crippen LogP contribution in [0.5, 0.6) is 0 Å². The Morgan fingerprint density at radius 3 is 3.06 bits per heavy atom. The minimum absolute atomic E-state index is 0.0522. The molecule has 0 atom stereocenters. The molecule has 0 fully saturated rings. The van der Waals surface area contributed by atoms with E-state index in [9.17, 15) is 4.79 Å². The molecule has 0 unspecified atom stereocenters. The number of hydrogen-bond donors (Lipinski definition) is 1. The second-order valence-corrected chi connectivity index (χ2v) is 4.59. The van der Waals surface area contributed by atoms with Crippen LogP contribution >= 0.6 is 11.3 Å². The summed E-state index contributed by atoms with van der Waals surface area (Å²) in [5.74, 6) is 0.0522. The second-order valence-electron chi connectivity index (χ2n) is 3.55. The number of carbonyl (C=O) groups is 1. The van der Waals surface area contributed by atoms with E-state index in [1.165, 1.54) is 0 Å². The van der Waals surface area contributed by atoms with Gasteiger partial charge in [0.2, 0.25) is 5.91 Å². The third kappa shape index (κ3) is 3.96. The normalized spacial score (nSPS) is 10.1. The first-order valence-corrected chi connectivity index (χ1v) is 6.26. The van der Waals surface area contributed by atoms with E-state index in [2.05, 4.69) is 15.3 Å². The van der Waals surface area contributed by atoms with Crippen LogP contribution in [-0.2, 0) is 17.6 Å². The molecular formula is C12H13N3OS. The third-order valence-corrected chi connectivity index (χ3v) is 3.11. The van der Waals surface area contributed by atoms with Crippen molar-refractivity contribution in [1.29, 1.82) is 0 Å². The molecule has 4 nitrogen and oxygen atoms in total. The van der Waals surface area contributed by atoms with Crippen LogP contribution in [0, 0.1) is 0 Å². The molecule has 0 spiro atoms. The summed E-state index contributed by atoms with van der Waals surface area (Å²) in [6.45, 7) is 0.600. The van der Waals surface area contributed by atoms with Crippen molar-refractivity contribution >= 4 is 17.2 Å². The summed E-state index contributed by atoms with van der Waals surface area (Å²) >= 11 is 1.60. The van der Waals surface area contributed by atoms with E-state index < -0.39 is 0 Å². The lowest BCUT2D eigenvalue weighted by Gasteiger charge is -2.03. The Hall–Kier alpha value is -1.75. The first-order valence-electron chi connectivity index (χ1n) is 5.38. The third-order valence-electron chi connectivity index (χ3n) is 2.23. The van der Waals surface area contributed by atoms with Gasteiger partial charge in [-0.05, 0) is 11.4 Å². The smallest absolute Gasteiger partial charge is 0.225 e. The van der Waals surface area contributed by atoms with Crippen molar-refractivity contribution in [3.8, 4) is 0 Å². The molecule has 0 aromatic carbocycles. The molecule has 1 amide bonds. The highest BCUT2D eigenvalue weighted by atomic mass is 32.1. The van der Waals surface area contributed by atoms with E-state index >= 15 is 0 Å². The largest absolute Gasteiger partial charge is 0.355 e. The summed E-state index contributed by atoms with van der Waals surface area (Å²) in [4.78, 5) is 20.8. The number of rotatable bonds is 5. The maximum absolute atomic E-state index is 11.6. The SMILES string of the molecule is O=C(Cc1cccs1)NCCc1cnccn1. The summed E-state index contributed by atoms with van der Waals surface area (Å²) in [6.07, 6.45) is 6.18. The van der Waals surface area contributed by atoms with Crippen LogP contribution in [0.25, 0.3) is 0 Å². The molecule has 5 heteroatoms. The van der Waals surface area contributed by atoms with E-state index in [1.54, 1.807) is 29.9 Å². The Morgan fingerprint density at radius 1 is 1.41 bits per heavy atom. The van der Waals surface area contributed by atoms with E-state index in [4.69, 9.17) is 0 Å². The Labute approximate surface area is 104 Å². The molecule has 2 heterocycles. The van der Waals surface area contributed by atoms with Crippen LogP contribution < -0.4 is 5.32 Å². The average molecular weight is 247 g/mol. The number of nitrogens with zero attached hydrogens (tertiary/aromatic N) is 2. The zero-order valence-corrected chi connectivity index (χ0v) is 10.1. The second kappa shape index (κ2) is 6.10. The summed E-state index contributed by atoms with van der Waals surface area (Å²) in [5.41, 5.74) is 0.893. The first-order chi connectivity index (χ1) is 8.34. The van der Waals surface area contributed by atoms with Gasteiger partial charge in [0.1, 0.15) is 0 Å². The van der Waals surface area contributed by atoms with E-state index in [0.717, 1.165) is 10.6 Å². The van der Waals surface area contributed by atoms with Crippen molar-refractivity contribution in [3.63, 3.8) is 0 Å². The molecule has 0 aliphatic rings. The van der Waals surface area contributed by atoms with Gasteiger partial charge in [0.05, 0.1) is 12.1 Å². The van der Waals surface area contributed by atoms with Crippen molar-refractivity contribution < 1.29 is 4.79 Å². The van der Waals surface area contributed by atoms with Crippen LogP contribution in [0.4, 0.5) is 0 Å². The predicted octanol–water partition coefficient (Wildman–Crippen LogP) is 1.44. The van der Waals surface area contributed by atoms with Crippen LogP contribution in [0.3, 0.4) is 0 Å². The van der Waals surface area contributed by atoms with Crippen molar-refractivity contribution in [2.45, 2.75) is 12.8 Å². The van der Waals surface area contributed by atoms with Crippen LogP contribution in [0.1, 0.15) is 10.6 Å². The maximum atomic E-state index is 11.6. The lowest BCUT2D eigenvalue weighted by molar-refractivity contribution is -0.120. The van der Waals surface area contributed by atoms with Gasteiger partial charge in [-0.3, -0.25) is 14.8 Å². The topological polar surface area (TPSA) is 54.9 Å². The molecule has 17 heavy (non-hydrogen) atoms. The Morgan fingerprint density at radius 2 is 2.35 bits per heavy atom. The van der Waals surface area contributed by atoms with Crippen LogP contribution in [0.2, 0.25) is 0 Å². The first kappa shape index (κ1) is 11.7. The van der Waals surface area contributed by atoms with Gasteiger partial charge in [-0.1, -0.05) is 6.07 Å². The average Bonchev–Trinajstić information content (AvgIpc) is 2.83. The molecule has 2 aromatic heterocycles. The molecular weight excluding hydrogens is 234 g/mol. The molecule has 0 aliphatic heterocycles. The summed E-state index contributed by atoms with van der Waals surface area (Å²) in [6, 6.07) is 3.92. The number of carbonyl (C=O) groups excluding carboxylic acids is 1. The van der Waals surface area contributed by atoms with Gasteiger partial charge in [-0.15, -0.1) is 11.3 Å². The molecule has 0 saturated carbocycles. The molecule has 0 radical (unpaired) electrons. The fourth-order valence-corrected chi connectivity index (χ4v) is 2.13. The summed E-state index contributed by atoms with van der Waals surface area (Å²) in [5, 5.41) is 4.84. The molecule has 88 valence electrons. The zero-order chi connectivity index (χ0) is 11.9. The summed E-state index contributed by atoms with van der Waals surface area (Å²) in [7, 11) is 0. The lowest BCUT2D eigenvalue weighted by Crippen LogP contribution is -2.27. The quantitative estimate of drug-likeness (QED) is 0.869. The lowest BCUT2D eigenvalue weighted by atomic mass is 10.3. The zero-order valence-electron chi connectivity index (χ0n) is 9.30. The molecule has 0 aliphatic carbocycles.